The molecule has 0 unspecified atom stereocenters. The summed E-state index contributed by atoms with van der Waals surface area (Å²) in [5.74, 6) is 0.347. The molecule has 0 aromatic carbocycles. The van der Waals surface area contributed by atoms with E-state index in [-0.39, 0.29) is 5.76 Å². The summed E-state index contributed by atoms with van der Waals surface area (Å²) in [5.41, 5.74) is 0. The normalized spacial score (nSPS) is 9.75. The van der Waals surface area contributed by atoms with Crippen molar-refractivity contribution in [1.82, 2.24) is 4.57 Å². The van der Waals surface area contributed by atoms with E-state index in [1.165, 1.54) is 4.57 Å². The van der Waals surface area contributed by atoms with Gasteiger partial charge in [0.1, 0.15) is 5.76 Å². The Balaban J connectivity index is 3.35. The molecule has 0 radical (unpaired) electrons. The lowest BCUT2D eigenvalue weighted by atomic mass is 10.6. The van der Waals surface area contributed by atoms with Crippen molar-refractivity contribution in [2.45, 2.75) is 6.92 Å². The first-order chi connectivity index (χ1) is 3.70. The highest BCUT2D eigenvalue weighted by Gasteiger charge is 1.92. The SMILES string of the molecule is Cc1cn(C)c(=O)o1. The lowest BCUT2D eigenvalue weighted by Crippen LogP contribution is -2.06. The molecule has 0 bridgehead atoms. The fourth-order valence-electron chi connectivity index (χ4n) is 0.561. The van der Waals surface area contributed by atoms with E-state index >= 15 is 0 Å². The van der Waals surface area contributed by atoms with Gasteiger partial charge in [-0.3, -0.25) is 4.57 Å². The Bertz CT molecular complexity index is 233. The van der Waals surface area contributed by atoms with Gasteiger partial charge in [-0.05, 0) is 6.92 Å². The Labute approximate surface area is 46.5 Å². The average Bonchev–Trinajstić information content (AvgIpc) is 1.85. The summed E-state index contributed by atoms with van der Waals surface area (Å²) in [4.78, 5) is 10.4. The molecule has 1 aromatic rings. The van der Waals surface area contributed by atoms with Crippen molar-refractivity contribution < 1.29 is 4.42 Å². The summed E-state index contributed by atoms with van der Waals surface area (Å²) in [6.07, 6.45) is 1.64. The molecule has 1 aromatic heterocycles. The average molecular weight is 113 g/mol. The number of aromatic nitrogens is 1. The smallest absolute Gasteiger partial charge is 0.413 e. The van der Waals surface area contributed by atoms with Gasteiger partial charge in [-0.25, -0.2) is 4.79 Å². The molecule has 8 heavy (non-hydrogen) atoms. The highest BCUT2D eigenvalue weighted by molar-refractivity contribution is 4.84. The Kier molecular flexibility index (Phi) is 0.970. The van der Waals surface area contributed by atoms with E-state index in [1.54, 1.807) is 20.2 Å². The van der Waals surface area contributed by atoms with Crippen LogP contribution in [0.3, 0.4) is 0 Å². The molecular formula is C5H7NO2. The first-order valence-electron chi connectivity index (χ1n) is 2.33. The van der Waals surface area contributed by atoms with Crippen molar-refractivity contribution in [1.29, 1.82) is 0 Å². The Morgan fingerprint density at radius 1 is 1.75 bits per heavy atom. The number of hydrogen-bond acceptors (Lipinski definition) is 2. The quantitative estimate of drug-likeness (QED) is 0.484. The summed E-state index contributed by atoms with van der Waals surface area (Å²) in [5, 5.41) is 0. The predicted molar refractivity (Wildman–Crippen MR) is 28.7 cm³/mol. The highest BCUT2D eigenvalue weighted by Crippen LogP contribution is 1.87. The Morgan fingerprint density at radius 2 is 2.38 bits per heavy atom. The van der Waals surface area contributed by atoms with E-state index in [9.17, 15) is 4.79 Å². The molecule has 0 spiro atoms. The first-order valence-corrected chi connectivity index (χ1v) is 2.33. The zero-order chi connectivity index (χ0) is 6.15. The van der Waals surface area contributed by atoms with Crippen molar-refractivity contribution in [2.75, 3.05) is 0 Å². The van der Waals surface area contributed by atoms with Gasteiger partial charge in [-0.15, -0.1) is 0 Å². The molecule has 0 amide bonds. The molecule has 1 heterocycles. The van der Waals surface area contributed by atoms with Gasteiger partial charge in [0, 0.05) is 13.2 Å². The molecule has 1 rings (SSSR count). The minimum Gasteiger partial charge on any atom is -0.413 e. The second kappa shape index (κ2) is 1.51. The van der Waals surface area contributed by atoms with Gasteiger partial charge in [0.25, 0.3) is 0 Å². The van der Waals surface area contributed by atoms with Crippen molar-refractivity contribution in [2.24, 2.45) is 7.05 Å². The molecule has 0 atom stereocenters. The van der Waals surface area contributed by atoms with Crippen LogP contribution in [0.5, 0.6) is 0 Å². The van der Waals surface area contributed by atoms with Crippen LogP contribution in [0, 0.1) is 6.92 Å². The van der Waals surface area contributed by atoms with Crippen molar-refractivity contribution in [3.05, 3.63) is 22.5 Å². The zero-order valence-electron chi connectivity index (χ0n) is 4.84. The fraction of sp³-hybridized carbons (Fsp3) is 0.400. The van der Waals surface area contributed by atoms with E-state index in [1.807, 2.05) is 0 Å². The number of oxazole rings is 1. The van der Waals surface area contributed by atoms with Gasteiger partial charge in [-0.1, -0.05) is 0 Å². The van der Waals surface area contributed by atoms with Crippen molar-refractivity contribution in [3.8, 4) is 0 Å². The molecule has 3 nitrogen and oxygen atoms in total. The summed E-state index contributed by atoms with van der Waals surface area (Å²) < 4.78 is 6.02. The molecule has 0 saturated heterocycles. The molecule has 0 aliphatic rings. The van der Waals surface area contributed by atoms with Gasteiger partial charge in [-0.2, -0.15) is 0 Å². The molecule has 0 saturated carbocycles. The number of hydrogen-bond donors (Lipinski definition) is 0. The number of rotatable bonds is 0. The van der Waals surface area contributed by atoms with E-state index in [0.29, 0.717) is 5.76 Å². The maximum absolute atomic E-state index is 10.4. The lowest BCUT2D eigenvalue weighted by Gasteiger charge is -1.74. The van der Waals surface area contributed by atoms with E-state index in [4.69, 9.17) is 0 Å². The molecule has 3 heteroatoms. The van der Waals surface area contributed by atoms with E-state index in [2.05, 4.69) is 4.42 Å². The maximum atomic E-state index is 10.4. The topological polar surface area (TPSA) is 35.1 Å². The van der Waals surface area contributed by atoms with Crippen LogP contribution >= 0.6 is 0 Å². The summed E-state index contributed by atoms with van der Waals surface area (Å²) in [7, 11) is 1.65. The fourth-order valence-corrected chi connectivity index (χ4v) is 0.561. The maximum Gasteiger partial charge on any atom is 0.418 e. The van der Waals surface area contributed by atoms with Crippen LogP contribution < -0.4 is 5.76 Å². The number of nitrogens with zero attached hydrogens (tertiary/aromatic N) is 1. The second-order valence-corrected chi connectivity index (χ2v) is 1.72. The van der Waals surface area contributed by atoms with Crippen LogP contribution in [0.1, 0.15) is 5.76 Å². The molecule has 0 aliphatic carbocycles. The standard InChI is InChI=1S/C5H7NO2/c1-4-3-6(2)5(7)8-4/h3H,1-2H3. The zero-order valence-corrected chi connectivity index (χ0v) is 4.84. The highest BCUT2D eigenvalue weighted by atomic mass is 16.4. The Hall–Kier alpha value is -0.990. The first kappa shape index (κ1) is 5.15. The molecule has 0 N–H and O–H groups in total. The number of aryl methyl sites for hydroxylation is 2. The van der Waals surface area contributed by atoms with Crippen molar-refractivity contribution in [3.63, 3.8) is 0 Å². The third-order valence-electron chi connectivity index (χ3n) is 0.912. The van der Waals surface area contributed by atoms with Crippen LogP contribution in [0.2, 0.25) is 0 Å². The van der Waals surface area contributed by atoms with Gasteiger partial charge < -0.3 is 4.42 Å². The third-order valence-corrected chi connectivity index (χ3v) is 0.912. The van der Waals surface area contributed by atoms with E-state index in [0.717, 1.165) is 0 Å². The van der Waals surface area contributed by atoms with Crippen LogP contribution in [0.4, 0.5) is 0 Å². The summed E-state index contributed by atoms with van der Waals surface area (Å²) in [6.45, 7) is 1.74. The molecule has 0 aliphatic heterocycles. The van der Waals surface area contributed by atoms with Crippen LogP contribution in [0.15, 0.2) is 15.4 Å². The Morgan fingerprint density at radius 3 is 2.50 bits per heavy atom. The van der Waals surface area contributed by atoms with Crippen molar-refractivity contribution >= 4 is 0 Å². The summed E-state index contributed by atoms with van der Waals surface area (Å²) >= 11 is 0. The van der Waals surface area contributed by atoms with Crippen LogP contribution in [-0.4, -0.2) is 4.57 Å². The van der Waals surface area contributed by atoms with Gasteiger partial charge >= 0.3 is 5.76 Å². The lowest BCUT2D eigenvalue weighted by molar-refractivity contribution is 0.472. The third kappa shape index (κ3) is 0.665. The predicted octanol–water partition coefficient (Wildman–Crippen LogP) is 0.287. The second-order valence-electron chi connectivity index (χ2n) is 1.72. The minimum absolute atomic E-state index is 0.303. The molecular weight excluding hydrogens is 106 g/mol. The van der Waals surface area contributed by atoms with Crippen LogP contribution in [0.25, 0.3) is 0 Å². The van der Waals surface area contributed by atoms with Gasteiger partial charge in [0.05, 0.1) is 0 Å². The molecule has 44 valence electrons. The molecule has 0 fully saturated rings. The van der Waals surface area contributed by atoms with Gasteiger partial charge in [0.15, 0.2) is 0 Å². The van der Waals surface area contributed by atoms with E-state index < -0.39 is 0 Å². The van der Waals surface area contributed by atoms with Crippen LogP contribution in [-0.2, 0) is 7.05 Å². The minimum atomic E-state index is -0.303. The monoisotopic (exact) mass is 113 g/mol. The largest absolute Gasteiger partial charge is 0.418 e. The van der Waals surface area contributed by atoms with Gasteiger partial charge in [0.2, 0.25) is 0 Å². The summed E-state index contributed by atoms with van der Waals surface area (Å²) in [6, 6.07) is 0.